The van der Waals surface area contributed by atoms with Gasteiger partial charge in [-0.3, -0.25) is 4.79 Å². The second kappa shape index (κ2) is 4.72. The van der Waals surface area contributed by atoms with E-state index in [1.807, 2.05) is 4.90 Å². The number of hydrogen-bond acceptors (Lipinski definition) is 2. The lowest BCUT2D eigenvalue weighted by atomic mass is 9.67. The minimum absolute atomic E-state index is 0.221. The Labute approximate surface area is 120 Å². The van der Waals surface area contributed by atoms with Crippen LogP contribution in [0.4, 0.5) is 0 Å². The zero-order chi connectivity index (χ0) is 13.5. The van der Waals surface area contributed by atoms with Gasteiger partial charge in [0.15, 0.2) is 0 Å². The second-order valence-corrected chi connectivity index (χ2v) is 7.24. The monoisotopic (exact) mass is 280 g/mol. The topological polar surface area (TPSA) is 46.3 Å². The van der Waals surface area contributed by atoms with E-state index in [4.69, 9.17) is 18.0 Å². The summed E-state index contributed by atoms with van der Waals surface area (Å²) in [6.45, 7) is 1.84. The van der Waals surface area contributed by atoms with Gasteiger partial charge in [0.2, 0.25) is 5.91 Å². The van der Waals surface area contributed by atoms with Gasteiger partial charge in [-0.1, -0.05) is 31.5 Å². The fourth-order valence-electron chi connectivity index (χ4n) is 4.21. The summed E-state index contributed by atoms with van der Waals surface area (Å²) in [5, 5.41) is 0. The van der Waals surface area contributed by atoms with Gasteiger partial charge in [-0.2, -0.15) is 0 Å². The second-order valence-electron chi connectivity index (χ2n) is 6.80. The number of nitrogens with two attached hydrogens (primary N) is 1. The van der Waals surface area contributed by atoms with Crippen molar-refractivity contribution in [2.24, 2.45) is 16.6 Å². The van der Waals surface area contributed by atoms with Crippen LogP contribution < -0.4 is 5.73 Å². The number of likely N-dealkylation sites (tertiary alicyclic amines) is 1. The molecule has 1 aliphatic heterocycles. The molecule has 0 atom stereocenters. The Hall–Kier alpha value is -0.640. The third-order valence-corrected chi connectivity index (χ3v) is 6.25. The van der Waals surface area contributed by atoms with Crippen molar-refractivity contribution in [3.05, 3.63) is 0 Å². The van der Waals surface area contributed by atoms with Gasteiger partial charge in [-0.15, -0.1) is 0 Å². The molecule has 2 N–H and O–H groups in total. The van der Waals surface area contributed by atoms with Gasteiger partial charge in [0, 0.05) is 13.1 Å². The van der Waals surface area contributed by atoms with E-state index in [9.17, 15) is 4.79 Å². The van der Waals surface area contributed by atoms with Gasteiger partial charge in [0.25, 0.3) is 0 Å². The van der Waals surface area contributed by atoms with Crippen LogP contribution in [0.3, 0.4) is 0 Å². The van der Waals surface area contributed by atoms with Crippen molar-refractivity contribution >= 4 is 23.1 Å². The van der Waals surface area contributed by atoms with E-state index in [1.54, 1.807) is 0 Å². The number of thiocarbonyl (C=S) groups is 1. The van der Waals surface area contributed by atoms with Gasteiger partial charge >= 0.3 is 0 Å². The molecule has 3 rings (SSSR count). The van der Waals surface area contributed by atoms with Crippen molar-refractivity contribution < 1.29 is 4.79 Å². The van der Waals surface area contributed by atoms with Crippen LogP contribution in [0.5, 0.6) is 0 Å². The SMILES string of the molecule is NC(=S)C1(C(=O)N2CCC3(CCCC3)CC2)CCC1. The highest BCUT2D eigenvalue weighted by atomic mass is 32.1. The lowest BCUT2D eigenvalue weighted by Crippen LogP contribution is -2.56. The third-order valence-electron chi connectivity index (χ3n) is 5.86. The molecule has 0 radical (unpaired) electrons. The summed E-state index contributed by atoms with van der Waals surface area (Å²) in [6, 6.07) is 0. The number of nitrogens with zero attached hydrogens (tertiary/aromatic N) is 1. The van der Waals surface area contributed by atoms with Crippen LogP contribution in [-0.2, 0) is 4.79 Å². The van der Waals surface area contributed by atoms with E-state index in [1.165, 1.54) is 38.5 Å². The standard InChI is InChI=1S/C15H24N2OS/c16-12(19)15(6-3-7-15)13(18)17-10-8-14(9-11-17)4-1-2-5-14/h1-11H2,(H2,16,19). The summed E-state index contributed by atoms with van der Waals surface area (Å²) < 4.78 is 0. The summed E-state index contributed by atoms with van der Waals surface area (Å²) >= 11 is 5.16. The van der Waals surface area contributed by atoms with Crippen molar-refractivity contribution in [2.75, 3.05) is 13.1 Å². The van der Waals surface area contributed by atoms with Gasteiger partial charge in [-0.05, 0) is 43.9 Å². The Kier molecular flexibility index (Phi) is 3.32. The van der Waals surface area contributed by atoms with E-state index >= 15 is 0 Å². The van der Waals surface area contributed by atoms with Crippen molar-refractivity contribution in [1.82, 2.24) is 4.90 Å². The van der Waals surface area contributed by atoms with Crippen LogP contribution in [0.25, 0.3) is 0 Å². The Morgan fingerprint density at radius 3 is 1.95 bits per heavy atom. The van der Waals surface area contributed by atoms with Crippen LogP contribution in [0.15, 0.2) is 0 Å². The molecule has 19 heavy (non-hydrogen) atoms. The lowest BCUT2D eigenvalue weighted by Gasteiger charge is -2.46. The molecule has 3 nitrogen and oxygen atoms in total. The van der Waals surface area contributed by atoms with Gasteiger partial charge in [-0.25, -0.2) is 0 Å². The highest BCUT2D eigenvalue weighted by molar-refractivity contribution is 7.80. The molecular formula is C15H24N2OS. The maximum atomic E-state index is 12.7. The lowest BCUT2D eigenvalue weighted by molar-refractivity contribution is -0.144. The number of carbonyl (C=O) groups excluding carboxylic acids is 1. The first-order chi connectivity index (χ1) is 9.08. The molecule has 2 aliphatic carbocycles. The first kappa shape index (κ1) is 13.3. The third kappa shape index (κ3) is 2.08. The molecule has 0 aromatic rings. The summed E-state index contributed by atoms with van der Waals surface area (Å²) in [7, 11) is 0. The van der Waals surface area contributed by atoms with Gasteiger partial charge < -0.3 is 10.6 Å². The largest absolute Gasteiger partial charge is 0.392 e. The molecule has 0 aromatic heterocycles. The Morgan fingerprint density at radius 2 is 1.53 bits per heavy atom. The highest BCUT2D eigenvalue weighted by Gasteiger charge is 2.50. The molecule has 2 saturated carbocycles. The maximum Gasteiger partial charge on any atom is 0.235 e. The fraction of sp³-hybridized carbons (Fsp3) is 0.867. The van der Waals surface area contributed by atoms with Crippen molar-refractivity contribution in [1.29, 1.82) is 0 Å². The number of carbonyl (C=O) groups is 1. The molecule has 1 amide bonds. The predicted octanol–water partition coefficient (Wildman–Crippen LogP) is 2.63. The molecule has 1 saturated heterocycles. The van der Waals surface area contributed by atoms with Crippen LogP contribution in [0.2, 0.25) is 0 Å². The van der Waals surface area contributed by atoms with E-state index in [2.05, 4.69) is 0 Å². The van der Waals surface area contributed by atoms with Crippen molar-refractivity contribution in [2.45, 2.75) is 57.8 Å². The van der Waals surface area contributed by atoms with Crippen LogP contribution in [-0.4, -0.2) is 28.9 Å². The van der Waals surface area contributed by atoms with Crippen LogP contribution in [0.1, 0.15) is 57.8 Å². The van der Waals surface area contributed by atoms with E-state index in [0.29, 0.717) is 10.4 Å². The maximum absolute atomic E-state index is 12.7. The predicted molar refractivity (Wildman–Crippen MR) is 79.8 cm³/mol. The summed E-state index contributed by atoms with van der Waals surface area (Å²) in [4.78, 5) is 15.2. The smallest absolute Gasteiger partial charge is 0.235 e. The molecule has 3 aliphatic rings. The highest BCUT2D eigenvalue weighted by Crippen LogP contribution is 2.48. The first-order valence-corrected chi connectivity index (χ1v) is 8.08. The molecule has 1 spiro atoms. The summed E-state index contributed by atoms with van der Waals surface area (Å²) in [6.07, 6.45) is 10.7. The van der Waals surface area contributed by atoms with Crippen LogP contribution >= 0.6 is 12.2 Å². The zero-order valence-corrected chi connectivity index (χ0v) is 12.4. The van der Waals surface area contributed by atoms with Crippen molar-refractivity contribution in [3.8, 4) is 0 Å². The molecule has 0 aromatic carbocycles. The van der Waals surface area contributed by atoms with Gasteiger partial charge in [0.1, 0.15) is 0 Å². The Balaban J connectivity index is 1.65. The number of rotatable bonds is 2. The van der Waals surface area contributed by atoms with E-state index < -0.39 is 5.41 Å². The van der Waals surface area contributed by atoms with Crippen molar-refractivity contribution in [3.63, 3.8) is 0 Å². The van der Waals surface area contributed by atoms with E-state index in [-0.39, 0.29) is 5.91 Å². The van der Waals surface area contributed by atoms with Gasteiger partial charge in [0.05, 0.1) is 10.4 Å². The molecular weight excluding hydrogens is 256 g/mol. The minimum atomic E-state index is -0.477. The number of hydrogen-bond donors (Lipinski definition) is 1. The molecule has 1 heterocycles. The Bertz CT molecular complexity index is 387. The molecule has 3 fully saturated rings. The summed E-state index contributed by atoms with van der Waals surface area (Å²) in [5.74, 6) is 0.221. The molecule has 4 heteroatoms. The van der Waals surface area contributed by atoms with Crippen LogP contribution in [0, 0.1) is 10.8 Å². The molecule has 0 unspecified atom stereocenters. The molecule has 106 valence electrons. The average Bonchev–Trinajstić information content (AvgIpc) is 2.76. The summed E-state index contributed by atoms with van der Waals surface area (Å²) in [5.41, 5.74) is 5.93. The number of amides is 1. The minimum Gasteiger partial charge on any atom is -0.392 e. The normalized spacial score (nSPS) is 28.1. The Morgan fingerprint density at radius 1 is 0.947 bits per heavy atom. The number of piperidine rings is 1. The quantitative estimate of drug-likeness (QED) is 0.791. The fourth-order valence-corrected chi connectivity index (χ4v) is 4.50. The average molecular weight is 280 g/mol. The van der Waals surface area contributed by atoms with E-state index in [0.717, 1.165) is 32.4 Å². The zero-order valence-electron chi connectivity index (χ0n) is 11.6. The molecule has 0 bridgehead atoms. The first-order valence-electron chi connectivity index (χ1n) is 7.67.